The van der Waals surface area contributed by atoms with Crippen LogP contribution in [0.3, 0.4) is 0 Å². The summed E-state index contributed by atoms with van der Waals surface area (Å²) in [6.45, 7) is 2.27. The summed E-state index contributed by atoms with van der Waals surface area (Å²) in [6, 6.07) is 2.80. The minimum atomic E-state index is 0.0620. The lowest BCUT2D eigenvalue weighted by Crippen LogP contribution is -2.38. The molecule has 0 saturated heterocycles. The van der Waals surface area contributed by atoms with Gasteiger partial charge in [0, 0.05) is 32.4 Å². The molecule has 1 aromatic heterocycles. The minimum Gasteiger partial charge on any atom is -0.383 e. The number of nitrogens with two attached hydrogens (primary N) is 1. The number of rotatable bonds is 7. The molecule has 1 aliphatic carbocycles. The van der Waals surface area contributed by atoms with Crippen molar-refractivity contribution in [3.63, 3.8) is 0 Å². The molecule has 1 fully saturated rings. The summed E-state index contributed by atoms with van der Waals surface area (Å²) in [6.07, 6.45) is 7.34. The van der Waals surface area contributed by atoms with Crippen molar-refractivity contribution in [3.8, 4) is 0 Å². The van der Waals surface area contributed by atoms with E-state index in [1.54, 1.807) is 7.11 Å². The topological polar surface area (TPSA) is 56.3 Å². The molecule has 19 heavy (non-hydrogen) atoms. The molecule has 1 heterocycles. The van der Waals surface area contributed by atoms with Crippen molar-refractivity contribution in [1.29, 1.82) is 0 Å². The largest absolute Gasteiger partial charge is 0.383 e. The molecular formula is C14H26N4O. The van der Waals surface area contributed by atoms with Gasteiger partial charge in [0.05, 0.1) is 18.3 Å². The maximum absolute atomic E-state index is 5.95. The molecular weight excluding hydrogens is 240 g/mol. The molecule has 0 radical (unpaired) electrons. The number of hydrogen-bond acceptors (Lipinski definition) is 4. The summed E-state index contributed by atoms with van der Waals surface area (Å²) in [5.74, 6) is 0. The highest BCUT2D eigenvalue weighted by atomic mass is 16.5. The Labute approximate surface area is 115 Å². The molecule has 1 aromatic rings. The van der Waals surface area contributed by atoms with Crippen molar-refractivity contribution in [2.24, 2.45) is 5.73 Å². The Kier molecular flexibility index (Phi) is 5.36. The second-order valence-electron chi connectivity index (χ2n) is 5.64. The van der Waals surface area contributed by atoms with Gasteiger partial charge in [-0.25, -0.2) is 0 Å². The second kappa shape index (κ2) is 7.03. The molecule has 0 bridgehead atoms. The summed E-state index contributed by atoms with van der Waals surface area (Å²) < 4.78 is 7.20. The zero-order valence-electron chi connectivity index (χ0n) is 12.1. The summed E-state index contributed by atoms with van der Waals surface area (Å²) in [5, 5.41) is 4.69. The van der Waals surface area contributed by atoms with E-state index in [1.165, 1.54) is 25.7 Å². The van der Waals surface area contributed by atoms with E-state index in [0.717, 1.165) is 18.8 Å². The molecule has 108 valence electrons. The van der Waals surface area contributed by atoms with Crippen molar-refractivity contribution in [1.82, 2.24) is 14.7 Å². The first-order valence-corrected chi connectivity index (χ1v) is 7.16. The molecule has 0 spiro atoms. The van der Waals surface area contributed by atoms with Gasteiger partial charge in [-0.1, -0.05) is 12.8 Å². The molecule has 0 aromatic carbocycles. The smallest absolute Gasteiger partial charge is 0.0764 e. The van der Waals surface area contributed by atoms with Crippen molar-refractivity contribution in [2.75, 3.05) is 27.3 Å². The minimum absolute atomic E-state index is 0.0620. The molecule has 1 saturated carbocycles. The van der Waals surface area contributed by atoms with Gasteiger partial charge in [0.1, 0.15) is 0 Å². The van der Waals surface area contributed by atoms with E-state index in [2.05, 4.69) is 34.0 Å². The van der Waals surface area contributed by atoms with Crippen LogP contribution in [-0.2, 0) is 11.3 Å². The molecule has 1 unspecified atom stereocenters. The molecule has 1 aliphatic rings. The first kappa shape index (κ1) is 14.5. The Balaban J connectivity index is 1.81. The number of aromatic nitrogens is 2. The Morgan fingerprint density at radius 1 is 1.53 bits per heavy atom. The normalized spacial score (nSPS) is 18.3. The fraction of sp³-hybridized carbons (Fsp3) is 0.786. The Morgan fingerprint density at radius 3 is 2.95 bits per heavy atom. The lowest BCUT2D eigenvalue weighted by Gasteiger charge is -2.19. The zero-order valence-corrected chi connectivity index (χ0v) is 12.1. The van der Waals surface area contributed by atoms with Gasteiger partial charge in [-0.2, -0.15) is 5.10 Å². The predicted octanol–water partition coefficient (Wildman–Crippen LogP) is 1.40. The van der Waals surface area contributed by atoms with Gasteiger partial charge in [-0.3, -0.25) is 9.58 Å². The highest BCUT2D eigenvalue weighted by molar-refractivity contribution is 5.00. The average molecular weight is 266 g/mol. The number of likely N-dealkylation sites (N-methyl/N-ethyl adjacent to an activating group) is 1. The Hall–Kier alpha value is -0.910. The summed E-state index contributed by atoms with van der Waals surface area (Å²) in [4.78, 5) is 2.20. The Bertz CT molecular complexity index is 373. The van der Waals surface area contributed by atoms with Crippen LogP contribution in [0, 0.1) is 0 Å². The number of ether oxygens (including phenoxy) is 1. The van der Waals surface area contributed by atoms with Crippen molar-refractivity contribution < 1.29 is 4.74 Å². The molecule has 0 aliphatic heterocycles. The van der Waals surface area contributed by atoms with E-state index in [4.69, 9.17) is 10.5 Å². The fourth-order valence-corrected chi connectivity index (χ4v) is 2.84. The van der Waals surface area contributed by atoms with Crippen LogP contribution < -0.4 is 5.73 Å². The van der Waals surface area contributed by atoms with Gasteiger partial charge in [0.25, 0.3) is 0 Å². The van der Waals surface area contributed by atoms with Crippen molar-refractivity contribution in [3.05, 3.63) is 18.0 Å². The number of methoxy groups -OCH3 is 1. The quantitative estimate of drug-likeness (QED) is 0.810. The van der Waals surface area contributed by atoms with E-state index in [9.17, 15) is 0 Å². The maximum atomic E-state index is 5.95. The van der Waals surface area contributed by atoms with E-state index >= 15 is 0 Å². The van der Waals surface area contributed by atoms with Gasteiger partial charge in [-0.15, -0.1) is 0 Å². The first-order chi connectivity index (χ1) is 9.19. The third-order valence-electron chi connectivity index (χ3n) is 3.72. The Morgan fingerprint density at radius 2 is 2.26 bits per heavy atom. The summed E-state index contributed by atoms with van der Waals surface area (Å²) >= 11 is 0. The molecule has 1 atom stereocenters. The average Bonchev–Trinajstić information content (AvgIpc) is 2.98. The van der Waals surface area contributed by atoms with Crippen LogP contribution in [0.15, 0.2) is 12.3 Å². The van der Waals surface area contributed by atoms with E-state index < -0.39 is 0 Å². The van der Waals surface area contributed by atoms with Crippen LogP contribution in [0.2, 0.25) is 0 Å². The van der Waals surface area contributed by atoms with Gasteiger partial charge in [0.2, 0.25) is 0 Å². The molecule has 0 amide bonds. The van der Waals surface area contributed by atoms with E-state index in [-0.39, 0.29) is 6.04 Å². The van der Waals surface area contributed by atoms with Crippen LogP contribution in [0.1, 0.15) is 37.4 Å². The van der Waals surface area contributed by atoms with Crippen LogP contribution in [0.4, 0.5) is 0 Å². The zero-order chi connectivity index (χ0) is 13.7. The van der Waals surface area contributed by atoms with Crippen LogP contribution in [-0.4, -0.2) is 48.0 Å². The maximum Gasteiger partial charge on any atom is 0.0764 e. The van der Waals surface area contributed by atoms with Gasteiger partial charge < -0.3 is 10.5 Å². The monoisotopic (exact) mass is 266 g/mol. The fourth-order valence-electron chi connectivity index (χ4n) is 2.84. The van der Waals surface area contributed by atoms with Crippen molar-refractivity contribution >= 4 is 0 Å². The molecule has 5 nitrogen and oxygen atoms in total. The third kappa shape index (κ3) is 4.30. The summed E-state index contributed by atoms with van der Waals surface area (Å²) in [5.41, 5.74) is 7.08. The molecule has 2 rings (SSSR count). The van der Waals surface area contributed by atoms with Crippen LogP contribution in [0.5, 0.6) is 0 Å². The summed E-state index contributed by atoms with van der Waals surface area (Å²) in [7, 11) is 3.76. The first-order valence-electron chi connectivity index (χ1n) is 7.16. The SMILES string of the molecule is COCC(N)CN(C)Cc1ccn(C2CCCC2)n1. The van der Waals surface area contributed by atoms with Gasteiger partial charge >= 0.3 is 0 Å². The lowest BCUT2D eigenvalue weighted by molar-refractivity contribution is 0.159. The second-order valence-corrected chi connectivity index (χ2v) is 5.64. The predicted molar refractivity (Wildman–Crippen MR) is 75.9 cm³/mol. The molecule has 5 heteroatoms. The van der Waals surface area contributed by atoms with E-state index in [1.807, 2.05) is 0 Å². The third-order valence-corrected chi connectivity index (χ3v) is 3.72. The van der Waals surface area contributed by atoms with Crippen LogP contribution in [0.25, 0.3) is 0 Å². The van der Waals surface area contributed by atoms with Gasteiger partial charge in [0.15, 0.2) is 0 Å². The lowest BCUT2D eigenvalue weighted by atomic mass is 10.3. The van der Waals surface area contributed by atoms with Crippen LogP contribution >= 0.6 is 0 Å². The highest BCUT2D eigenvalue weighted by Crippen LogP contribution is 2.28. The highest BCUT2D eigenvalue weighted by Gasteiger charge is 2.17. The van der Waals surface area contributed by atoms with Gasteiger partial charge in [-0.05, 0) is 26.0 Å². The van der Waals surface area contributed by atoms with Crippen molar-refractivity contribution in [2.45, 2.75) is 44.3 Å². The van der Waals surface area contributed by atoms with E-state index in [0.29, 0.717) is 12.6 Å². The standard InChI is InChI=1S/C14H26N4O/c1-17(9-12(15)11-19-2)10-13-7-8-18(16-13)14-5-3-4-6-14/h7-8,12,14H,3-6,9-11,15H2,1-2H3. The number of hydrogen-bond donors (Lipinski definition) is 1. The number of nitrogens with zero attached hydrogens (tertiary/aromatic N) is 3. The molecule has 2 N–H and O–H groups in total.